The molecule has 0 saturated carbocycles. The van der Waals surface area contributed by atoms with Crippen LogP contribution in [0.15, 0.2) is 12.1 Å². The van der Waals surface area contributed by atoms with Gasteiger partial charge in [-0.1, -0.05) is 0 Å². The molecule has 18 heavy (non-hydrogen) atoms. The summed E-state index contributed by atoms with van der Waals surface area (Å²) in [6, 6.07) is 4.17. The molecule has 0 unspecified atom stereocenters. The average Bonchev–Trinajstić information content (AvgIpc) is 2.58. The van der Waals surface area contributed by atoms with Gasteiger partial charge < -0.3 is 9.88 Å². The highest BCUT2D eigenvalue weighted by molar-refractivity contribution is 5.84. The molecule has 2 aromatic rings. The molecular weight excluding hydrogens is 226 g/mol. The SMILES string of the molecule is CCNc1nc2cc(C)c(C)cc2n1CC(C)=O. The molecule has 0 radical (unpaired) electrons. The molecule has 1 heterocycles. The van der Waals surface area contributed by atoms with Gasteiger partial charge in [0.15, 0.2) is 0 Å². The third-order valence-electron chi connectivity index (χ3n) is 3.08. The first-order valence-electron chi connectivity index (χ1n) is 6.23. The molecule has 2 rings (SSSR count). The molecule has 0 fully saturated rings. The fourth-order valence-electron chi connectivity index (χ4n) is 2.06. The summed E-state index contributed by atoms with van der Waals surface area (Å²) in [5.74, 6) is 0.902. The van der Waals surface area contributed by atoms with Crippen molar-refractivity contribution in [2.24, 2.45) is 0 Å². The van der Waals surface area contributed by atoms with Gasteiger partial charge in [0, 0.05) is 6.54 Å². The molecule has 0 saturated heterocycles. The molecule has 0 spiro atoms. The quantitative estimate of drug-likeness (QED) is 0.900. The van der Waals surface area contributed by atoms with Gasteiger partial charge in [-0.05, 0) is 51.0 Å². The average molecular weight is 245 g/mol. The molecule has 4 heteroatoms. The summed E-state index contributed by atoms with van der Waals surface area (Å²) < 4.78 is 1.95. The van der Waals surface area contributed by atoms with E-state index in [0.29, 0.717) is 6.54 Å². The van der Waals surface area contributed by atoms with Gasteiger partial charge in [0.2, 0.25) is 5.95 Å². The molecule has 0 amide bonds. The van der Waals surface area contributed by atoms with Gasteiger partial charge in [0.1, 0.15) is 5.78 Å². The first-order chi connectivity index (χ1) is 8.52. The number of hydrogen-bond donors (Lipinski definition) is 1. The second kappa shape index (κ2) is 4.80. The lowest BCUT2D eigenvalue weighted by Gasteiger charge is -2.08. The van der Waals surface area contributed by atoms with Crippen LogP contribution >= 0.6 is 0 Å². The highest BCUT2D eigenvalue weighted by Crippen LogP contribution is 2.23. The van der Waals surface area contributed by atoms with Crippen LogP contribution < -0.4 is 5.32 Å². The van der Waals surface area contributed by atoms with Crippen LogP contribution in [0.5, 0.6) is 0 Å². The zero-order valence-electron chi connectivity index (χ0n) is 11.4. The van der Waals surface area contributed by atoms with E-state index in [0.717, 1.165) is 23.5 Å². The number of carbonyl (C=O) groups is 1. The van der Waals surface area contributed by atoms with Crippen LogP contribution in [0.4, 0.5) is 5.95 Å². The molecule has 0 bridgehead atoms. The lowest BCUT2D eigenvalue weighted by Crippen LogP contribution is -2.11. The van der Waals surface area contributed by atoms with E-state index in [-0.39, 0.29) is 5.78 Å². The number of Topliss-reactive ketones (excluding diaryl/α,β-unsaturated/α-hetero) is 1. The number of imidazole rings is 1. The fourth-order valence-corrected chi connectivity index (χ4v) is 2.06. The largest absolute Gasteiger partial charge is 0.356 e. The summed E-state index contributed by atoms with van der Waals surface area (Å²) in [6.07, 6.45) is 0. The zero-order valence-corrected chi connectivity index (χ0v) is 11.4. The van der Waals surface area contributed by atoms with Crippen molar-refractivity contribution in [2.45, 2.75) is 34.2 Å². The summed E-state index contributed by atoms with van der Waals surface area (Å²) in [5, 5.41) is 3.21. The van der Waals surface area contributed by atoms with Crippen molar-refractivity contribution in [2.75, 3.05) is 11.9 Å². The summed E-state index contributed by atoms with van der Waals surface area (Å²) >= 11 is 0. The first-order valence-corrected chi connectivity index (χ1v) is 6.23. The lowest BCUT2D eigenvalue weighted by atomic mass is 10.1. The molecule has 1 aromatic heterocycles. The minimum absolute atomic E-state index is 0.131. The Hall–Kier alpha value is -1.84. The van der Waals surface area contributed by atoms with E-state index in [4.69, 9.17) is 0 Å². The standard InChI is InChI=1S/C14H19N3O/c1-5-15-14-16-12-6-9(2)10(3)7-13(12)17(14)8-11(4)18/h6-7H,5,8H2,1-4H3,(H,15,16). The maximum atomic E-state index is 11.4. The third kappa shape index (κ3) is 2.23. The minimum atomic E-state index is 0.131. The lowest BCUT2D eigenvalue weighted by molar-refractivity contribution is -0.117. The molecule has 0 aliphatic rings. The van der Waals surface area contributed by atoms with Gasteiger partial charge >= 0.3 is 0 Å². The van der Waals surface area contributed by atoms with E-state index in [9.17, 15) is 4.79 Å². The Morgan fingerprint density at radius 2 is 2.00 bits per heavy atom. The molecule has 1 N–H and O–H groups in total. The Morgan fingerprint density at radius 3 is 2.61 bits per heavy atom. The van der Waals surface area contributed by atoms with E-state index in [1.165, 1.54) is 11.1 Å². The molecule has 0 aliphatic heterocycles. The third-order valence-corrected chi connectivity index (χ3v) is 3.08. The van der Waals surface area contributed by atoms with Crippen molar-refractivity contribution >= 4 is 22.8 Å². The Labute approximate surface area is 107 Å². The van der Waals surface area contributed by atoms with Crippen molar-refractivity contribution in [3.05, 3.63) is 23.3 Å². The predicted molar refractivity (Wildman–Crippen MR) is 74.1 cm³/mol. The number of anilines is 1. The number of hydrogen-bond acceptors (Lipinski definition) is 3. The van der Waals surface area contributed by atoms with Crippen molar-refractivity contribution in [1.29, 1.82) is 0 Å². The highest BCUT2D eigenvalue weighted by Gasteiger charge is 2.12. The summed E-state index contributed by atoms with van der Waals surface area (Å²) in [4.78, 5) is 15.9. The van der Waals surface area contributed by atoms with Crippen molar-refractivity contribution in [3.63, 3.8) is 0 Å². The van der Waals surface area contributed by atoms with Crippen LogP contribution in [0, 0.1) is 13.8 Å². The number of rotatable bonds is 4. The van der Waals surface area contributed by atoms with Gasteiger partial charge in [0.25, 0.3) is 0 Å². The molecule has 0 aliphatic carbocycles. The number of benzene rings is 1. The van der Waals surface area contributed by atoms with Crippen molar-refractivity contribution in [1.82, 2.24) is 9.55 Å². The van der Waals surface area contributed by atoms with E-state index >= 15 is 0 Å². The number of ketones is 1. The van der Waals surface area contributed by atoms with E-state index in [2.05, 4.69) is 36.3 Å². The van der Waals surface area contributed by atoms with Gasteiger partial charge in [-0.15, -0.1) is 0 Å². The molecule has 1 aromatic carbocycles. The maximum Gasteiger partial charge on any atom is 0.204 e. The monoisotopic (exact) mass is 245 g/mol. The van der Waals surface area contributed by atoms with Crippen LogP contribution in [0.1, 0.15) is 25.0 Å². The zero-order chi connectivity index (χ0) is 13.3. The number of aromatic nitrogens is 2. The number of aryl methyl sites for hydroxylation is 2. The summed E-state index contributed by atoms with van der Waals surface area (Å²) in [5.41, 5.74) is 4.40. The maximum absolute atomic E-state index is 11.4. The molecular formula is C14H19N3O. The fraction of sp³-hybridized carbons (Fsp3) is 0.429. The number of carbonyl (C=O) groups excluding carboxylic acids is 1. The van der Waals surface area contributed by atoms with Crippen LogP contribution in [0.25, 0.3) is 11.0 Å². The predicted octanol–water partition coefficient (Wildman–Crippen LogP) is 2.67. The van der Waals surface area contributed by atoms with Crippen LogP contribution in [-0.4, -0.2) is 21.9 Å². The second-order valence-electron chi connectivity index (χ2n) is 4.68. The summed E-state index contributed by atoms with van der Waals surface area (Å²) in [7, 11) is 0. The van der Waals surface area contributed by atoms with Crippen molar-refractivity contribution < 1.29 is 4.79 Å². The van der Waals surface area contributed by atoms with Gasteiger partial charge in [-0.2, -0.15) is 0 Å². The minimum Gasteiger partial charge on any atom is -0.356 e. The van der Waals surface area contributed by atoms with Crippen LogP contribution in [-0.2, 0) is 11.3 Å². The van der Waals surface area contributed by atoms with E-state index in [1.807, 2.05) is 11.5 Å². The van der Waals surface area contributed by atoms with Crippen molar-refractivity contribution in [3.8, 4) is 0 Å². The smallest absolute Gasteiger partial charge is 0.204 e. The topological polar surface area (TPSA) is 46.9 Å². The normalized spacial score (nSPS) is 10.9. The molecule has 4 nitrogen and oxygen atoms in total. The Bertz CT molecular complexity index is 599. The van der Waals surface area contributed by atoms with Crippen LogP contribution in [0.2, 0.25) is 0 Å². The van der Waals surface area contributed by atoms with Gasteiger partial charge in [-0.25, -0.2) is 4.98 Å². The van der Waals surface area contributed by atoms with Gasteiger partial charge in [0.05, 0.1) is 17.6 Å². The number of nitrogens with one attached hydrogen (secondary N) is 1. The van der Waals surface area contributed by atoms with E-state index < -0.39 is 0 Å². The number of fused-ring (bicyclic) bond motifs is 1. The Kier molecular flexibility index (Phi) is 3.36. The highest BCUT2D eigenvalue weighted by atomic mass is 16.1. The Morgan fingerprint density at radius 1 is 1.33 bits per heavy atom. The molecule has 96 valence electrons. The molecule has 0 atom stereocenters. The first kappa shape index (κ1) is 12.6. The van der Waals surface area contributed by atoms with E-state index in [1.54, 1.807) is 6.92 Å². The Balaban J connectivity index is 2.64. The summed E-state index contributed by atoms with van der Waals surface area (Å²) in [6.45, 7) is 8.93. The van der Waals surface area contributed by atoms with Crippen LogP contribution in [0.3, 0.4) is 0 Å². The number of nitrogens with zero attached hydrogens (tertiary/aromatic N) is 2. The van der Waals surface area contributed by atoms with Gasteiger partial charge in [-0.3, -0.25) is 4.79 Å². The second-order valence-corrected chi connectivity index (χ2v) is 4.68.